The van der Waals surface area contributed by atoms with Crippen LogP contribution in [0.4, 0.5) is 4.39 Å². The highest BCUT2D eigenvalue weighted by atomic mass is 32.1. The number of H-pyrrole nitrogens is 1. The van der Waals surface area contributed by atoms with Gasteiger partial charge in [0.25, 0.3) is 5.56 Å². The van der Waals surface area contributed by atoms with Crippen molar-refractivity contribution in [3.05, 3.63) is 62.3 Å². The highest BCUT2D eigenvalue weighted by Gasteiger charge is 2.31. The van der Waals surface area contributed by atoms with E-state index >= 15 is 0 Å². The molecule has 2 heterocycles. The zero-order chi connectivity index (χ0) is 22.2. The molecule has 0 bridgehead atoms. The van der Waals surface area contributed by atoms with E-state index in [0.29, 0.717) is 24.7 Å². The standard InChI is InChI=1S/C24H28FN3O2S/c1-24(2,3)15-6-9-17-18(12-15)31-23-21(17)22(30)27-19(28-23)10-11-20(29)26-13-14-4-7-16(25)8-5-14/h4-5,7-8,15H,6,9-13H2,1-3H3,(H,26,29)(H,27,28,30)/t15-/m0/s1. The summed E-state index contributed by atoms with van der Waals surface area (Å²) in [4.78, 5) is 34.6. The number of nitrogens with one attached hydrogen (secondary N) is 2. The minimum absolute atomic E-state index is 0.0987. The average Bonchev–Trinajstić information content (AvgIpc) is 3.09. The van der Waals surface area contributed by atoms with Crippen LogP contribution < -0.4 is 10.9 Å². The largest absolute Gasteiger partial charge is 0.352 e. The molecule has 31 heavy (non-hydrogen) atoms. The first-order valence-electron chi connectivity index (χ1n) is 10.8. The summed E-state index contributed by atoms with van der Waals surface area (Å²) in [6.45, 7) is 7.18. The third-order valence-electron chi connectivity index (χ3n) is 6.18. The number of nitrogens with zero attached hydrogens (tertiary/aromatic N) is 1. The molecule has 1 atom stereocenters. The normalized spacial score (nSPS) is 16.3. The quantitative estimate of drug-likeness (QED) is 0.611. The van der Waals surface area contributed by atoms with Gasteiger partial charge in [0.2, 0.25) is 5.91 Å². The number of hydrogen-bond acceptors (Lipinski definition) is 4. The number of halogens is 1. The van der Waals surface area contributed by atoms with Crippen molar-refractivity contribution in [2.75, 3.05) is 0 Å². The molecule has 2 N–H and O–H groups in total. The molecule has 0 saturated heterocycles. The van der Waals surface area contributed by atoms with E-state index in [2.05, 4.69) is 36.1 Å². The number of benzene rings is 1. The maximum atomic E-state index is 13.0. The maximum absolute atomic E-state index is 13.0. The molecule has 1 aromatic carbocycles. The zero-order valence-electron chi connectivity index (χ0n) is 18.2. The van der Waals surface area contributed by atoms with Crippen LogP contribution in [-0.4, -0.2) is 15.9 Å². The van der Waals surface area contributed by atoms with Gasteiger partial charge < -0.3 is 10.3 Å². The number of fused-ring (bicyclic) bond motifs is 3. The molecule has 2 aromatic heterocycles. The van der Waals surface area contributed by atoms with Crippen LogP contribution in [0.25, 0.3) is 10.2 Å². The Morgan fingerprint density at radius 1 is 1.29 bits per heavy atom. The number of rotatable bonds is 5. The number of carbonyl (C=O) groups excluding carboxylic acids is 1. The monoisotopic (exact) mass is 441 g/mol. The fourth-order valence-corrected chi connectivity index (χ4v) is 5.53. The molecule has 0 radical (unpaired) electrons. The third kappa shape index (κ3) is 4.87. The molecule has 1 amide bonds. The number of amides is 1. The summed E-state index contributed by atoms with van der Waals surface area (Å²) in [7, 11) is 0. The first-order valence-corrected chi connectivity index (χ1v) is 11.6. The molecule has 3 aromatic rings. The van der Waals surface area contributed by atoms with Gasteiger partial charge in [0.15, 0.2) is 0 Å². The van der Waals surface area contributed by atoms with Crippen molar-refractivity contribution in [3.63, 3.8) is 0 Å². The summed E-state index contributed by atoms with van der Waals surface area (Å²) in [6, 6.07) is 6.03. The zero-order valence-corrected chi connectivity index (χ0v) is 19.0. The van der Waals surface area contributed by atoms with Crippen LogP contribution in [0.3, 0.4) is 0 Å². The summed E-state index contributed by atoms with van der Waals surface area (Å²) in [6.07, 6.45) is 3.62. The van der Waals surface area contributed by atoms with Gasteiger partial charge in [-0.2, -0.15) is 0 Å². The molecule has 164 valence electrons. The van der Waals surface area contributed by atoms with Gasteiger partial charge in [0.1, 0.15) is 16.5 Å². The van der Waals surface area contributed by atoms with Crippen LogP contribution in [0.15, 0.2) is 29.1 Å². The number of thiophene rings is 1. The van der Waals surface area contributed by atoms with Gasteiger partial charge in [-0.3, -0.25) is 9.59 Å². The molecule has 1 aliphatic rings. The molecule has 7 heteroatoms. The number of carbonyl (C=O) groups is 1. The number of aryl methyl sites for hydroxylation is 2. The second kappa shape index (κ2) is 8.54. The summed E-state index contributed by atoms with van der Waals surface area (Å²) in [5.74, 6) is 0.715. The van der Waals surface area contributed by atoms with Crippen LogP contribution in [-0.2, 0) is 30.6 Å². The Kier molecular flexibility index (Phi) is 5.97. The molecule has 0 fully saturated rings. The Morgan fingerprint density at radius 2 is 2.03 bits per heavy atom. The van der Waals surface area contributed by atoms with Gasteiger partial charge in [0.05, 0.1) is 5.39 Å². The minimum atomic E-state index is -0.301. The Hall–Kier alpha value is -2.54. The Balaban J connectivity index is 1.43. The fourth-order valence-electron chi connectivity index (χ4n) is 4.21. The molecule has 0 spiro atoms. The van der Waals surface area contributed by atoms with E-state index in [9.17, 15) is 14.0 Å². The van der Waals surface area contributed by atoms with Crippen molar-refractivity contribution in [3.8, 4) is 0 Å². The minimum Gasteiger partial charge on any atom is -0.352 e. The van der Waals surface area contributed by atoms with Crippen LogP contribution >= 0.6 is 11.3 Å². The fraction of sp³-hybridized carbons (Fsp3) is 0.458. The molecule has 5 nitrogen and oxygen atoms in total. The summed E-state index contributed by atoms with van der Waals surface area (Å²) < 4.78 is 13.0. The maximum Gasteiger partial charge on any atom is 0.259 e. The third-order valence-corrected chi connectivity index (χ3v) is 7.33. The number of aromatic amines is 1. The smallest absolute Gasteiger partial charge is 0.259 e. The summed E-state index contributed by atoms with van der Waals surface area (Å²) in [5.41, 5.74) is 2.15. The summed E-state index contributed by atoms with van der Waals surface area (Å²) in [5, 5.41) is 3.55. The lowest BCUT2D eigenvalue weighted by molar-refractivity contribution is -0.121. The van der Waals surface area contributed by atoms with Gasteiger partial charge >= 0.3 is 0 Å². The van der Waals surface area contributed by atoms with Crippen molar-refractivity contribution in [1.82, 2.24) is 15.3 Å². The lowest BCUT2D eigenvalue weighted by Gasteiger charge is -2.33. The van der Waals surface area contributed by atoms with Gasteiger partial charge in [-0.1, -0.05) is 32.9 Å². The van der Waals surface area contributed by atoms with Gasteiger partial charge in [0, 0.05) is 24.3 Å². The van der Waals surface area contributed by atoms with Gasteiger partial charge in [-0.25, -0.2) is 9.37 Å². The van der Waals surface area contributed by atoms with Gasteiger partial charge in [-0.05, 0) is 53.9 Å². The SMILES string of the molecule is CC(C)(C)[C@H]1CCc2c(sc3nc(CCC(=O)NCc4ccc(F)cc4)[nH]c(=O)c23)C1. The Bertz CT molecular complexity index is 1160. The van der Waals surface area contributed by atoms with Crippen molar-refractivity contribution >= 4 is 27.5 Å². The van der Waals surface area contributed by atoms with Crippen molar-refractivity contribution in [2.24, 2.45) is 11.3 Å². The number of aromatic nitrogens is 2. The van der Waals surface area contributed by atoms with Crippen molar-refractivity contribution < 1.29 is 9.18 Å². The van der Waals surface area contributed by atoms with E-state index < -0.39 is 0 Å². The number of hydrogen-bond donors (Lipinski definition) is 2. The van der Waals surface area contributed by atoms with E-state index in [-0.39, 0.29) is 29.1 Å². The van der Waals surface area contributed by atoms with Crippen molar-refractivity contribution in [1.29, 1.82) is 0 Å². The average molecular weight is 442 g/mol. The molecule has 4 rings (SSSR count). The Labute approximate surface area is 185 Å². The van der Waals surface area contributed by atoms with Crippen LogP contribution in [0, 0.1) is 17.2 Å². The lowest BCUT2D eigenvalue weighted by atomic mass is 9.72. The van der Waals surface area contributed by atoms with E-state index in [1.54, 1.807) is 23.5 Å². The topological polar surface area (TPSA) is 74.8 Å². The molecule has 1 aliphatic carbocycles. The van der Waals surface area contributed by atoms with E-state index in [0.717, 1.165) is 40.6 Å². The van der Waals surface area contributed by atoms with E-state index in [1.807, 2.05) is 0 Å². The molecule has 0 saturated carbocycles. The molecular formula is C24H28FN3O2S. The lowest BCUT2D eigenvalue weighted by Crippen LogP contribution is -2.26. The van der Waals surface area contributed by atoms with E-state index in [4.69, 9.17) is 0 Å². The predicted molar refractivity (Wildman–Crippen MR) is 122 cm³/mol. The van der Waals surface area contributed by atoms with E-state index in [1.165, 1.54) is 17.0 Å². The van der Waals surface area contributed by atoms with Crippen LogP contribution in [0.2, 0.25) is 0 Å². The Morgan fingerprint density at radius 3 is 2.74 bits per heavy atom. The molecule has 0 unspecified atom stereocenters. The second-order valence-electron chi connectivity index (χ2n) is 9.41. The molecule has 0 aliphatic heterocycles. The first kappa shape index (κ1) is 21.7. The highest BCUT2D eigenvalue weighted by molar-refractivity contribution is 7.18. The van der Waals surface area contributed by atoms with Crippen LogP contribution in [0.5, 0.6) is 0 Å². The molecular weight excluding hydrogens is 413 g/mol. The van der Waals surface area contributed by atoms with Gasteiger partial charge in [-0.15, -0.1) is 11.3 Å². The predicted octanol–water partition coefficient (Wildman–Crippen LogP) is 4.52. The van der Waals surface area contributed by atoms with Crippen LogP contribution in [0.1, 0.15) is 55.4 Å². The second-order valence-corrected chi connectivity index (χ2v) is 10.5. The summed E-state index contributed by atoms with van der Waals surface area (Å²) >= 11 is 1.63. The first-order chi connectivity index (χ1) is 14.7. The van der Waals surface area contributed by atoms with Crippen molar-refractivity contribution in [2.45, 2.75) is 59.4 Å². The highest BCUT2D eigenvalue weighted by Crippen LogP contribution is 2.41.